The number of nitrogens with zero attached hydrogens (tertiary/aromatic N) is 1. The van der Waals surface area contributed by atoms with Crippen LogP contribution in [0.4, 0.5) is 0 Å². The Balaban J connectivity index is 1.96. The number of hydrogen-bond donors (Lipinski definition) is 1. The zero-order chi connectivity index (χ0) is 12.4. The van der Waals surface area contributed by atoms with Crippen LogP contribution in [0.5, 0.6) is 0 Å². The quantitative estimate of drug-likeness (QED) is 0.865. The molecular weight excluding hydrogens is 286 g/mol. The second kappa shape index (κ2) is 5.14. The van der Waals surface area contributed by atoms with Crippen LogP contribution < -0.4 is 0 Å². The highest BCUT2D eigenvalue weighted by Gasteiger charge is 2.49. The molecule has 0 bridgehead atoms. The number of aromatic nitrogens is 1. The normalized spacial score (nSPS) is 24.2. The van der Waals surface area contributed by atoms with Crippen molar-refractivity contribution < 1.29 is 14.6 Å². The fourth-order valence-corrected chi connectivity index (χ4v) is 2.10. The van der Waals surface area contributed by atoms with Gasteiger partial charge in [0.25, 0.3) is 0 Å². The number of halogens is 1. The van der Waals surface area contributed by atoms with Gasteiger partial charge in [-0.25, -0.2) is 0 Å². The van der Waals surface area contributed by atoms with Crippen molar-refractivity contribution >= 4 is 21.9 Å². The van der Waals surface area contributed by atoms with Crippen molar-refractivity contribution in [1.82, 2.24) is 4.98 Å². The van der Waals surface area contributed by atoms with E-state index >= 15 is 0 Å². The standard InChI is InChI=1S/C12H14BrNO3/c1-2-17-12(16)9-5-8(9)11(15)10-4-3-7(13)6-14-10/h3-4,6,8-9,11,15H,2,5H2,1H3. The Kier molecular flexibility index (Phi) is 3.79. The lowest BCUT2D eigenvalue weighted by Gasteiger charge is -2.09. The zero-order valence-corrected chi connectivity index (χ0v) is 11.1. The van der Waals surface area contributed by atoms with E-state index in [9.17, 15) is 9.90 Å². The van der Waals surface area contributed by atoms with Gasteiger partial charge in [0.05, 0.1) is 24.3 Å². The van der Waals surface area contributed by atoms with E-state index in [4.69, 9.17) is 4.74 Å². The highest BCUT2D eigenvalue weighted by molar-refractivity contribution is 9.10. The Morgan fingerprint density at radius 3 is 3.06 bits per heavy atom. The molecule has 1 heterocycles. The summed E-state index contributed by atoms with van der Waals surface area (Å²) < 4.78 is 5.79. The van der Waals surface area contributed by atoms with Gasteiger partial charge in [-0.05, 0) is 41.4 Å². The number of ether oxygens (including phenoxy) is 1. The lowest BCUT2D eigenvalue weighted by Crippen LogP contribution is -2.11. The van der Waals surface area contributed by atoms with Crippen LogP contribution in [-0.2, 0) is 9.53 Å². The summed E-state index contributed by atoms with van der Waals surface area (Å²) in [5, 5.41) is 10.1. The van der Waals surface area contributed by atoms with Crippen molar-refractivity contribution in [1.29, 1.82) is 0 Å². The number of pyridine rings is 1. The first-order valence-corrected chi connectivity index (χ1v) is 6.39. The monoisotopic (exact) mass is 299 g/mol. The molecule has 0 spiro atoms. The van der Waals surface area contributed by atoms with Crippen molar-refractivity contribution in [2.24, 2.45) is 11.8 Å². The molecule has 3 unspecified atom stereocenters. The third kappa shape index (κ3) is 2.84. The topological polar surface area (TPSA) is 59.4 Å². The SMILES string of the molecule is CCOC(=O)C1CC1C(O)c1ccc(Br)cn1. The summed E-state index contributed by atoms with van der Waals surface area (Å²) in [7, 11) is 0. The minimum atomic E-state index is -0.683. The first-order valence-electron chi connectivity index (χ1n) is 5.59. The van der Waals surface area contributed by atoms with E-state index in [2.05, 4.69) is 20.9 Å². The summed E-state index contributed by atoms with van der Waals surface area (Å²) in [6.07, 6.45) is 1.63. The molecule has 17 heavy (non-hydrogen) atoms. The van der Waals surface area contributed by atoms with E-state index in [1.807, 2.05) is 6.07 Å². The van der Waals surface area contributed by atoms with E-state index in [-0.39, 0.29) is 17.8 Å². The number of rotatable bonds is 4. The van der Waals surface area contributed by atoms with Gasteiger partial charge in [-0.1, -0.05) is 0 Å². The summed E-state index contributed by atoms with van der Waals surface area (Å²) in [6, 6.07) is 3.59. The van der Waals surface area contributed by atoms with Gasteiger partial charge in [0.1, 0.15) is 0 Å². The second-order valence-corrected chi connectivity index (χ2v) is 5.02. The molecule has 2 rings (SSSR count). The molecule has 4 nitrogen and oxygen atoms in total. The molecule has 1 aliphatic rings. The summed E-state index contributed by atoms with van der Waals surface area (Å²) in [4.78, 5) is 15.6. The lowest BCUT2D eigenvalue weighted by atomic mass is 10.1. The smallest absolute Gasteiger partial charge is 0.309 e. The summed E-state index contributed by atoms with van der Waals surface area (Å²) in [5.74, 6) is -0.438. The molecule has 1 N–H and O–H groups in total. The molecule has 1 saturated carbocycles. The summed E-state index contributed by atoms with van der Waals surface area (Å²) in [6.45, 7) is 2.16. The van der Waals surface area contributed by atoms with Crippen LogP contribution in [0.25, 0.3) is 0 Å². The van der Waals surface area contributed by atoms with Crippen molar-refractivity contribution in [3.8, 4) is 0 Å². The molecule has 1 fully saturated rings. The Hall–Kier alpha value is -0.940. The Morgan fingerprint density at radius 1 is 1.71 bits per heavy atom. The number of carbonyl (C=O) groups is 1. The molecule has 3 atom stereocenters. The van der Waals surface area contributed by atoms with E-state index < -0.39 is 6.10 Å². The van der Waals surface area contributed by atoms with Crippen LogP contribution in [0.3, 0.4) is 0 Å². The Bertz CT molecular complexity index is 407. The molecule has 1 aromatic heterocycles. The molecule has 0 radical (unpaired) electrons. The highest BCUT2D eigenvalue weighted by atomic mass is 79.9. The third-order valence-electron chi connectivity index (χ3n) is 2.89. The molecule has 0 aromatic carbocycles. The molecule has 0 amide bonds. The van der Waals surface area contributed by atoms with E-state index in [0.29, 0.717) is 18.7 Å². The molecule has 0 saturated heterocycles. The zero-order valence-electron chi connectivity index (χ0n) is 9.47. The van der Waals surface area contributed by atoms with Crippen molar-refractivity contribution in [2.75, 3.05) is 6.61 Å². The maximum absolute atomic E-state index is 11.4. The van der Waals surface area contributed by atoms with Crippen LogP contribution in [-0.4, -0.2) is 22.7 Å². The van der Waals surface area contributed by atoms with Gasteiger partial charge in [0.2, 0.25) is 0 Å². The predicted octanol–water partition coefficient (Wildman–Crippen LogP) is 2.08. The highest BCUT2D eigenvalue weighted by Crippen LogP contribution is 2.47. The number of aliphatic hydroxyl groups excluding tert-OH is 1. The number of hydrogen-bond acceptors (Lipinski definition) is 4. The van der Waals surface area contributed by atoms with Crippen molar-refractivity contribution in [2.45, 2.75) is 19.4 Å². The van der Waals surface area contributed by atoms with E-state index in [1.165, 1.54) is 0 Å². The van der Waals surface area contributed by atoms with Crippen molar-refractivity contribution in [3.05, 3.63) is 28.5 Å². The van der Waals surface area contributed by atoms with Crippen LogP contribution in [0, 0.1) is 11.8 Å². The average molecular weight is 300 g/mol. The van der Waals surface area contributed by atoms with Gasteiger partial charge in [0, 0.05) is 16.6 Å². The lowest BCUT2D eigenvalue weighted by molar-refractivity contribution is -0.145. The maximum atomic E-state index is 11.4. The first-order chi connectivity index (χ1) is 8.13. The van der Waals surface area contributed by atoms with Crippen LogP contribution in [0.1, 0.15) is 25.1 Å². The van der Waals surface area contributed by atoms with Crippen LogP contribution in [0.15, 0.2) is 22.8 Å². The fraction of sp³-hybridized carbons (Fsp3) is 0.500. The molecule has 5 heteroatoms. The Morgan fingerprint density at radius 2 is 2.47 bits per heavy atom. The molecular formula is C12H14BrNO3. The van der Waals surface area contributed by atoms with E-state index in [1.54, 1.807) is 19.2 Å². The number of aliphatic hydroxyl groups is 1. The molecule has 1 aliphatic carbocycles. The predicted molar refractivity (Wildman–Crippen MR) is 65.1 cm³/mol. The third-order valence-corrected chi connectivity index (χ3v) is 3.36. The largest absolute Gasteiger partial charge is 0.466 e. The fourth-order valence-electron chi connectivity index (χ4n) is 1.87. The summed E-state index contributed by atoms with van der Waals surface area (Å²) >= 11 is 3.28. The second-order valence-electron chi connectivity index (χ2n) is 4.10. The van der Waals surface area contributed by atoms with Crippen LogP contribution in [0.2, 0.25) is 0 Å². The maximum Gasteiger partial charge on any atom is 0.309 e. The van der Waals surface area contributed by atoms with Gasteiger partial charge >= 0.3 is 5.97 Å². The Labute approximate surface area is 108 Å². The van der Waals surface area contributed by atoms with Gasteiger partial charge in [0.15, 0.2) is 0 Å². The van der Waals surface area contributed by atoms with Crippen LogP contribution >= 0.6 is 15.9 Å². The van der Waals surface area contributed by atoms with Gasteiger partial charge in [-0.15, -0.1) is 0 Å². The minimum absolute atomic E-state index is 0.0530. The molecule has 92 valence electrons. The van der Waals surface area contributed by atoms with Gasteiger partial charge in [-0.3, -0.25) is 9.78 Å². The van der Waals surface area contributed by atoms with Gasteiger partial charge in [-0.2, -0.15) is 0 Å². The molecule has 1 aromatic rings. The number of esters is 1. The average Bonchev–Trinajstić information content (AvgIpc) is 3.09. The molecule has 0 aliphatic heterocycles. The minimum Gasteiger partial charge on any atom is -0.466 e. The van der Waals surface area contributed by atoms with Gasteiger partial charge < -0.3 is 9.84 Å². The first kappa shape index (κ1) is 12.5. The summed E-state index contributed by atoms with van der Waals surface area (Å²) in [5.41, 5.74) is 0.602. The van der Waals surface area contributed by atoms with Crippen molar-refractivity contribution in [3.63, 3.8) is 0 Å². The van der Waals surface area contributed by atoms with E-state index in [0.717, 1.165) is 4.47 Å². The number of carbonyl (C=O) groups excluding carboxylic acids is 1.